The molecule has 2 N–H and O–H groups in total. The summed E-state index contributed by atoms with van der Waals surface area (Å²) in [5, 5.41) is 10.9. The Morgan fingerprint density at radius 2 is 1.89 bits per heavy atom. The van der Waals surface area contributed by atoms with Crippen LogP contribution in [0.15, 0.2) is 4.52 Å². The highest BCUT2D eigenvalue weighted by atomic mass is 32.1. The maximum atomic E-state index is 12.6. The number of hydrogen-bond donors (Lipinski definition) is 2. The zero-order valence-electron chi connectivity index (χ0n) is 21.2. The summed E-state index contributed by atoms with van der Waals surface area (Å²) in [6.45, 7) is 5.00. The number of anilines is 2. The van der Waals surface area contributed by atoms with Gasteiger partial charge in [-0.05, 0) is 58.3 Å². The van der Waals surface area contributed by atoms with E-state index >= 15 is 0 Å². The smallest absolute Gasteiger partial charge is 0.324 e. The van der Waals surface area contributed by atoms with E-state index in [0.29, 0.717) is 37.5 Å². The van der Waals surface area contributed by atoms with Gasteiger partial charge in [-0.3, -0.25) is 10.1 Å². The molecule has 7 rings (SSSR count). The van der Waals surface area contributed by atoms with Crippen LogP contribution in [0.2, 0.25) is 0 Å². The molecule has 3 aliphatic carbocycles. The molecule has 4 heterocycles. The van der Waals surface area contributed by atoms with Gasteiger partial charge in [0.25, 0.3) is 0 Å². The largest absolute Gasteiger partial charge is 0.466 e. The summed E-state index contributed by atoms with van der Waals surface area (Å²) in [5.41, 5.74) is 0.569. The highest BCUT2D eigenvalue weighted by Gasteiger charge is 2.55. The molecule has 2 aliphatic heterocycles. The van der Waals surface area contributed by atoms with Gasteiger partial charge in [0.05, 0.1) is 24.3 Å². The number of nitrogens with zero attached hydrogens (tertiary/aromatic N) is 4. The lowest BCUT2D eigenvalue weighted by atomic mass is 9.53. The number of esters is 1. The lowest BCUT2D eigenvalue weighted by Gasteiger charge is -2.50. The van der Waals surface area contributed by atoms with Gasteiger partial charge in [-0.25, -0.2) is 9.78 Å². The molecule has 0 aromatic carbocycles. The molecular weight excluding hydrogens is 496 g/mol. The average Bonchev–Trinajstić information content (AvgIpc) is 3.57. The van der Waals surface area contributed by atoms with Crippen molar-refractivity contribution in [1.82, 2.24) is 20.4 Å². The maximum absolute atomic E-state index is 12.6. The third kappa shape index (κ3) is 4.69. The standard InChI is InChI=1S/C25H34N6O5S/c1-2-35-20(32)25-9-6-24(7-10-25,8-11-25)19-28-23(36-30-19)31-12-3-17-18(15-31)37-22(27-17)29-21(33)26-16-4-13-34-14-5-16/h16H,2-15H2,1H3,(H2,26,27,29,33). The Kier molecular flexibility index (Phi) is 6.56. The molecule has 0 radical (unpaired) electrons. The molecule has 0 atom stereocenters. The normalized spacial score (nSPS) is 27.5. The Balaban J connectivity index is 1.08. The second-order valence-electron chi connectivity index (χ2n) is 10.7. The van der Waals surface area contributed by atoms with Gasteiger partial charge in [0, 0.05) is 42.5 Å². The molecule has 0 spiro atoms. The number of thiazole rings is 1. The average molecular weight is 531 g/mol. The van der Waals surface area contributed by atoms with Crippen LogP contribution in [0.4, 0.5) is 15.9 Å². The molecule has 12 heteroatoms. The van der Waals surface area contributed by atoms with Crippen molar-refractivity contribution < 1.29 is 23.6 Å². The van der Waals surface area contributed by atoms with Crippen molar-refractivity contribution in [2.24, 2.45) is 5.41 Å². The Hall–Kier alpha value is -2.73. The number of amides is 2. The van der Waals surface area contributed by atoms with Gasteiger partial charge < -0.3 is 24.2 Å². The Morgan fingerprint density at radius 3 is 2.62 bits per heavy atom. The van der Waals surface area contributed by atoms with Crippen LogP contribution in [0.25, 0.3) is 0 Å². The maximum Gasteiger partial charge on any atom is 0.324 e. The predicted molar refractivity (Wildman–Crippen MR) is 136 cm³/mol. The highest BCUT2D eigenvalue weighted by Crippen LogP contribution is 2.57. The molecule has 37 heavy (non-hydrogen) atoms. The number of aromatic nitrogens is 3. The van der Waals surface area contributed by atoms with E-state index in [-0.39, 0.29) is 28.9 Å². The van der Waals surface area contributed by atoms with Crippen molar-refractivity contribution in [3.8, 4) is 0 Å². The summed E-state index contributed by atoms with van der Waals surface area (Å²) in [4.78, 5) is 37.7. The van der Waals surface area contributed by atoms with E-state index in [2.05, 4.69) is 25.7 Å². The van der Waals surface area contributed by atoms with Gasteiger partial charge in [0.1, 0.15) is 0 Å². The van der Waals surface area contributed by atoms with Crippen molar-refractivity contribution in [1.29, 1.82) is 0 Å². The number of hydrogen-bond acceptors (Lipinski definition) is 10. The number of carbonyl (C=O) groups excluding carboxylic acids is 2. The summed E-state index contributed by atoms with van der Waals surface area (Å²) in [6, 6.07) is 0.450. The molecule has 1 saturated heterocycles. The third-order valence-electron chi connectivity index (χ3n) is 8.62. The van der Waals surface area contributed by atoms with Crippen molar-refractivity contribution in [2.45, 2.75) is 82.7 Å². The van der Waals surface area contributed by atoms with Crippen LogP contribution in [-0.4, -0.2) is 59.5 Å². The van der Waals surface area contributed by atoms with Crippen molar-refractivity contribution in [3.63, 3.8) is 0 Å². The van der Waals surface area contributed by atoms with E-state index in [4.69, 9.17) is 19.0 Å². The SMILES string of the molecule is CCOC(=O)C12CCC(c3noc(N4CCc5nc(NC(=O)NC6CCOCC6)sc5C4)n3)(CC1)CC2. The summed E-state index contributed by atoms with van der Waals surface area (Å²) in [6.07, 6.45) is 7.52. The second-order valence-corrected chi connectivity index (χ2v) is 11.8. The lowest BCUT2D eigenvalue weighted by molar-refractivity contribution is -0.163. The minimum absolute atomic E-state index is 0.0410. The number of nitrogens with one attached hydrogen (secondary N) is 2. The van der Waals surface area contributed by atoms with Crippen LogP contribution < -0.4 is 15.5 Å². The summed E-state index contributed by atoms with van der Waals surface area (Å²) < 4.78 is 16.5. The molecular formula is C25H34N6O5S. The molecule has 5 aliphatic rings. The Bertz CT molecular complexity index is 1130. The molecule has 11 nitrogen and oxygen atoms in total. The van der Waals surface area contributed by atoms with Gasteiger partial charge in [0.15, 0.2) is 11.0 Å². The first kappa shape index (κ1) is 24.6. The molecule has 2 amide bonds. The van der Waals surface area contributed by atoms with Crippen LogP contribution in [0.1, 0.15) is 74.7 Å². The molecule has 2 aromatic rings. The van der Waals surface area contributed by atoms with E-state index in [1.54, 1.807) is 0 Å². The summed E-state index contributed by atoms with van der Waals surface area (Å²) in [5.74, 6) is 0.725. The molecule has 0 unspecified atom stereocenters. The molecule has 4 fully saturated rings. The van der Waals surface area contributed by atoms with Gasteiger partial charge in [-0.2, -0.15) is 4.98 Å². The highest BCUT2D eigenvalue weighted by molar-refractivity contribution is 7.15. The quantitative estimate of drug-likeness (QED) is 0.538. The number of carbonyl (C=O) groups is 2. The van der Waals surface area contributed by atoms with Crippen LogP contribution in [-0.2, 0) is 32.6 Å². The lowest BCUT2D eigenvalue weighted by Crippen LogP contribution is -2.49. The number of urea groups is 1. The zero-order valence-corrected chi connectivity index (χ0v) is 22.0. The second kappa shape index (κ2) is 9.86. The number of fused-ring (bicyclic) bond motifs is 4. The molecule has 2 aromatic heterocycles. The van der Waals surface area contributed by atoms with Gasteiger partial charge >= 0.3 is 18.0 Å². The Morgan fingerprint density at radius 1 is 1.14 bits per heavy atom. The monoisotopic (exact) mass is 530 g/mol. The molecule has 200 valence electrons. The fourth-order valence-corrected chi connectivity index (χ4v) is 7.26. The van der Waals surface area contributed by atoms with Crippen LogP contribution in [0, 0.1) is 5.41 Å². The van der Waals surface area contributed by atoms with E-state index in [1.165, 1.54) is 11.3 Å². The molecule has 3 saturated carbocycles. The van der Waals surface area contributed by atoms with E-state index < -0.39 is 0 Å². The van der Waals surface area contributed by atoms with Gasteiger partial charge in [-0.1, -0.05) is 16.5 Å². The zero-order chi connectivity index (χ0) is 25.5. The van der Waals surface area contributed by atoms with Crippen LogP contribution in [0.3, 0.4) is 0 Å². The van der Waals surface area contributed by atoms with Crippen molar-refractivity contribution in [2.75, 3.05) is 36.6 Å². The van der Waals surface area contributed by atoms with Gasteiger partial charge in [0.2, 0.25) is 0 Å². The minimum atomic E-state index is -0.326. The topological polar surface area (TPSA) is 132 Å². The van der Waals surface area contributed by atoms with E-state index in [1.807, 2.05) is 6.92 Å². The van der Waals surface area contributed by atoms with Crippen molar-refractivity contribution >= 4 is 34.5 Å². The van der Waals surface area contributed by atoms with Gasteiger partial charge in [-0.15, -0.1) is 0 Å². The summed E-state index contributed by atoms with van der Waals surface area (Å²) in [7, 11) is 0. The number of rotatable bonds is 6. The minimum Gasteiger partial charge on any atom is -0.466 e. The first-order chi connectivity index (χ1) is 18.0. The van der Waals surface area contributed by atoms with E-state index in [9.17, 15) is 9.59 Å². The van der Waals surface area contributed by atoms with Crippen LogP contribution >= 0.6 is 11.3 Å². The first-order valence-corrected chi connectivity index (χ1v) is 14.2. The van der Waals surface area contributed by atoms with Crippen LogP contribution in [0.5, 0.6) is 0 Å². The Labute approximate surface area is 219 Å². The fourth-order valence-electron chi connectivity index (χ4n) is 6.24. The first-order valence-electron chi connectivity index (χ1n) is 13.4. The van der Waals surface area contributed by atoms with Crippen molar-refractivity contribution in [3.05, 3.63) is 16.4 Å². The van der Waals surface area contributed by atoms with E-state index in [0.717, 1.165) is 80.7 Å². The third-order valence-corrected chi connectivity index (χ3v) is 9.62. The summed E-state index contributed by atoms with van der Waals surface area (Å²) >= 11 is 1.49. The molecule has 2 bridgehead atoms. The number of ether oxygens (including phenoxy) is 2. The fraction of sp³-hybridized carbons (Fsp3) is 0.720. The predicted octanol–water partition coefficient (Wildman–Crippen LogP) is 3.54.